The molecule has 0 aromatic rings. The third kappa shape index (κ3) is 4.26. The summed E-state index contributed by atoms with van der Waals surface area (Å²) in [5.41, 5.74) is -1.65. The van der Waals surface area contributed by atoms with Crippen molar-refractivity contribution in [2.75, 3.05) is 26.9 Å². The van der Waals surface area contributed by atoms with Gasteiger partial charge in [0, 0.05) is 34.5 Å². The molecule has 2 heterocycles. The summed E-state index contributed by atoms with van der Waals surface area (Å²) in [6, 6.07) is 0. The van der Waals surface area contributed by atoms with Crippen molar-refractivity contribution < 1.29 is 62.7 Å². The van der Waals surface area contributed by atoms with Crippen LogP contribution in [0.3, 0.4) is 0 Å². The van der Waals surface area contributed by atoms with Crippen LogP contribution in [0.15, 0.2) is 45.1 Å². The Labute approximate surface area is 305 Å². The van der Waals surface area contributed by atoms with Crippen LogP contribution in [0.5, 0.6) is 0 Å². The van der Waals surface area contributed by atoms with E-state index in [2.05, 4.69) is 6.92 Å². The average molecular weight is 733 g/mol. The fourth-order valence-corrected chi connectivity index (χ4v) is 12.7. The van der Waals surface area contributed by atoms with Crippen LogP contribution in [-0.4, -0.2) is 90.1 Å². The minimum atomic E-state index is -1.51. The van der Waals surface area contributed by atoms with Crippen LogP contribution in [0.2, 0.25) is 0 Å². The van der Waals surface area contributed by atoms with Gasteiger partial charge in [0.1, 0.15) is 37.1 Å². The second-order valence-electron chi connectivity index (χ2n) is 17.3. The van der Waals surface area contributed by atoms with Crippen molar-refractivity contribution in [3.8, 4) is 0 Å². The van der Waals surface area contributed by atoms with Crippen LogP contribution in [0.25, 0.3) is 0 Å². The van der Waals surface area contributed by atoms with Crippen molar-refractivity contribution in [2.24, 2.45) is 52.3 Å². The normalized spacial score (nSPS) is 47.3. The molecule has 5 fully saturated rings. The predicted molar refractivity (Wildman–Crippen MR) is 179 cm³/mol. The van der Waals surface area contributed by atoms with E-state index >= 15 is 0 Å². The Morgan fingerprint density at radius 2 is 1.62 bits per heavy atom. The number of hydrogen-bond acceptors (Lipinski definition) is 13. The predicted octanol–water partition coefficient (Wildman–Crippen LogP) is 2.38. The molecule has 53 heavy (non-hydrogen) atoms. The Bertz CT molecular complexity index is 1970. The van der Waals surface area contributed by atoms with E-state index in [4.69, 9.17) is 23.7 Å². The Balaban J connectivity index is 1.26. The number of aliphatic hydroxyl groups excluding tert-OH is 1. The summed E-state index contributed by atoms with van der Waals surface area (Å²) < 4.78 is 28.4. The van der Waals surface area contributed by atoms with Gasteiger partial charge in [0.05, 0.1) is 31.4 Å². The monoisotopic (exact) mass is 732 g/mol. The lowest BCUT2D eigenvalue weighted by Gasteiger charge is -2.63. The molecule has 9 aliphatic rings. The summed E-state index contributed by atoms with van der Waals surface area (Å²) in [5, 5.41) is 24.6. The zero-order valence-electron chi connectivity index (χ0n) is 30.4. The number of methoxy groups -OCH3 is 1. The summed E-state index contributed by atoms with van der Waals surface area (Å²) in [7, 11) is 1.22. The highest BCUT2D eigenvalue weighted by Gasteiger charge is 2.84. The molecule has 282 valence electrons. The molecule has 0 amide bonds. The van der Waals surface area contributed by atoms with Gasteiger partial charge in [-0.1, -0.05) is 19.4 Å². The number of esters is 5. The Kier molecular flexibility index (Phi) is 7.19. The largest absolute Gasteiger partial charge is 0.466 e. The highest BCUT2D eigenvalue weighted by Crippen LogP contribution is 2.83. The summed E-state index contributed by atoms with van der Waals surface area (Å²) in [4.78, 5) is 80.7. The maximum absolute atomic E-state index is 14.6. The first-order valence-electron chi connectivity index (χ1n) is 18.6. The Morgan fingerprint density at radius 3 is 2.32 bits per heavy atom. The molecule has 1 spiro atoms. The number of rotatable bonds is 1. The molecule has 5 saturated carbocycles. The maximum atomic E-state index is 14.6. The molecule has 13 heteroatoms. The summed E-state index contributed by atoms with van der Waals surface area (Å²) >= 11 is 0. The van der Waals surface area contributed by atoms with Gasteiger partial charge < -0.3 is 33.9 Å². The fraction of sp³-hybridized carbons (Fsp3) is 0.650. The number of fused-ring (bicyclic) bond motifs is 7. The lowest BCUT2D eigenvalue weighted by molar-refractivity contribution is -0.191. The number of carbonyl (C=O) groups excluding carboxylic acids is 6. The van der Waals surface area contributed by atoms with Crippen molar-refractivity contribution >= 4 is 35.6 Å². The molecule has 12 atom stereocenters. The quantitative estimate of drug-likeness (QED) is 0.173. The molecule has 2 aliphatic heterocycles. The second kappa shape index (κ2) is 11.0. The molecule has 13 nitrogen and oxygen atoms in total. The first kappa shape index (κ1) is 34.7. The number of ketones is 1. The molecular formula is C40H44O13. The van der Waals surface area contributed by atoms with E-state index in [1.54, 1.807) is 6.92 Å². The minimum absolute atomic E-state index is 0.00140. The Hall–Kier alpha value is -4.10. The van der Waals surface area contributed by atoms with E-state index < -0.39 is 88.1 Å². The third-order valence-corrected chi connectivity index (χ3v) is 15.1. The fourth-order valence-electron chi connectivity index (χ4n) is 12.7. The number of aliphatic hydroxyl groups is 2. The topological polar surface area (TPSA) is 189 Å². The van der Waals surface area contributed by atoms with E-state index in [0.717, 1.165) is 17.6 Å². The SMILES string of the molecule is COC(=O)/C(C)=C1\C(=O)C(O)C2(C)C3=C(CC4C5(OC(=O)C6=C5CC5C(O)(COC(=O)/C=C(/C)COC(=O)CCC(=O)OC6)C6CC6C54C)C31)C1CC12. The van der Waals surface area contributed by atoms with Crippen molar-refractivity contribution in [1.29, 1.82) is 0 Å². The third-order valence-electron chi connectivity index (χ3n) is 15.1. The minimum Gasteiger partial charge on any atom is -0.466 e. The number of ether oxygens (including phenoxy) is 5. The summed E-state index contributed by atoms with van der Waals surface area (Å²) in [6.07, 6.45) is 1.22. The number of hydrogen-bond donors (Lipinski definition) is 2. The molecule has 2 N–H and O–H groups in total. The summed E-state index contributed by atoms with van der Waals surface area (Å²) in [5.74, 6) is -6.30. The van der Waals surface area contributed by atoms with Crippen LogP contribution < -0.4 is 0 Å². The van der Waals surface area contributed by atoms with Gasteiger partial charge in [-0.2, -0.15) is 0 Å². The highest BCUT2D eigenvalue weighted by molar-refractivity contribution is 6.09. The van der Waals surface area contributed by atoms with Gasteiger partial charge >= 0.3 is 29.8 Å². The smallest absolute Gasteiger partial charge is 0.338 e. The zero-order chi connectivity index (χ0) is 37.7. The maximum Gasteiger partial charge on any atom is 0.338 e. The molecule has 9 rings (SSSR count). The molecule has 0 aromatic heterocycles. The molecule has 2 bridgehead atoms. The first-order chi connectivity index (χ1) is 25.0. The average Bonchev–Trinajstić information content (AvgIpc) is 4.04. The van der Waals surface area contributed by atoms with E-state index in [-0.39, 0.29) is 72.9 Å². The number of Topliss-reactive ketones (excluding diaryl/α,β-unsaturated/α-hetero) is 1. The highest BCUT2D eigenvalue weighted by atomic mass is 16.6. The van der Waals surface area contributed by atoms with Crippen LogP contribution in [0.1, 0.15) is 66.2 Å². The second-order valence-corrected chi connectivity index (χ2v) is 17.3. The number of carbonyl (C=O) groups is 6. The lowest BCUT2D eigenvalue weighted by Crippen LogP contribution is -2.67. The van der Waals surface area contributed by atoms with Crippen LogP contribution in [-0.2, 0) is 52.5 Å². The molecule has 0 aromatic carbocycles. The van der Waals surface area contributed by atoms with Gasteiger partial charge in [0.25, 0.3) is 0 Å². The van der Waals surface area contributed by atoms with E-state index in [9.17, 15) is 39.0 Å². The van der Waals surface area contributed by atoms with Gasteiger partial charge in [-0.3, -0.25) is 14.4 Å². The van der Waals surface area contributed by atoms with E-state index in [1.807, 2.05) is 6.92 Å². The first-order valence-corrected chi connectivity index (χ1v) is 18.6. The summed E-state index contributed by atoms with van der Waals surface area (Å²) in [6.45, 7) is 6.15. The van der Waals surface area contributed by atoms with Crippen molar-refractivity contribution in [3.05, 3.63) is 45.1 Å². The molecule has 0 saturated heterocycles. The van der Waals surface area contributed by atoms with Crippen molar-refractivity contribution in [1.82, 2.24) is 0 Å². The molecule has 0 radical (unpaired) electrons. The van der Waals surface area contributed by atoms with Gasteiger partial charge in [-0.25, -0.2) is 14.4 Å². The molecular weight excluding hydrogens is 688 g/mol. The van der Waals surface area contributed by atoms with E-state index in [0.29, 0.717) is 24.0 Å². The Morgan fingerprint density at radius 1 is 0.925 bits per heavy atom. The van der Waals surface area contributed by atoms with Gasteiger partial charge in [0.2, 0.25) is 0 Å². The number of allylic oxidation sites excluding steroid dienone is 1. The van der Waals surface area contributed by atoms with Crippen LogP contribution >= 0.6 is 0 Å². The van der Waals surface area contributed by atoms with Crippen LogP contribution in [0.4, 0.5) is 0 Å². The number of cyclic esters (lactones) is 3. The van der Waals surface area contributed by atoms with Gasteiger partial charge in [-0.15, -0.1) is 0 Å². The van der Waals surface area contributed by atoms with E-state index in [1.165, 1.54) is 20.1 Å². The van der Waals surface area contributed by atoms with Crippen molar-refractivity contribution in [2.45, 2.75) is 83.5 Å². The lowest BCUT2D eigenvalue weighted by atomic mass is 9.42. The molecule has 7 aliphatic carbocycles. The van der Waals surface area contributed by atoms with Crippen molar-refractivity contribution in [3.63, 3.8) is 0 Å². The van der Waals surface area contributed by atoms with Gasteiger partial charge in [0.15, 0.2) is 5.78 Å². The molecule has 12 unspecified atom stereocenters. The van der Waals surface area contributed by atoms with Crippen LogP contribution in [0, 0.1) is 52.3 Å². The van der Waals surface area contributed by atoms with Gasteiger partial charge in [-0.05, 0) is 85.3 Å². The zero-order valence-corrected chi connectivity index (χ0v) is 30.4. The standard InChI is InChI=1S/C40H44O13/c1-16-8-29(43)52-15-39(48)24-11-23(24)37(3)25(39)12-22-20(14-51-28(42)7-6-27(41)50-13-16)36(47)53-40(22)26(37)10-19-18-9-21(18)38(4)31(19)32(40)30(33(44)34(38)45)17(2)35(46)49-5/h8,18,21,23-26,32,34,45,48H,6-7,9-15H2,1-5H3/b16-8-,30-17-.